The van der Waals surface area contributed by atoms with Gasteiger partial charge in [0.1, 0.15) is 0 Å². The third-order valence-electron chi connectivity index (χ3n) is 4.31. The molecule has 0 fully saturated rings. The van der Waals surface area contributed by atoms with Crippen LogP contribution in [0.3, 0.4) is 0 Å². The van der Waals surface area contributed by atoms with Gasteiger partial charge < -0.3 is 0 Å². The summed E-state index contributed by atoms with van der Waals surface area (Å²) in [5.41, 5.74) is 2.33. The number of halogens is 1. The first kappa shape index (κ1) is 17.0. The Morgan fingerprint density at radius 2 is 1.00 bits per heavy atom. The van der Waals surface area contributed by atoms with Crippen LogP contribution in [0, 0.1) is 0 Å². The van der Waals surface area contributed by atoms with Crippen LogP contribution < -0.4 is 15.9 Å². The van der Waals surface area contributed by atoms with Crippen molar-refractivity contribution in [3.63, 3.8) is 0 Å². The smallest absolute Gasteiger partial charge is 0.0412 e. The van der Waals surface area contributed by atoms with Gasteiger partial charge in [0.25, 0.3) is 0 Å². The minimum absolute atomic E-state index is 0.560. The van der Waals surface area contributed by atoms with Crippen molar-refractivity contribution in [1.29, 1.82) is 0 Å². The Kier molecular flexibility index (Phi) is 5.16. The molecule has 0 aliphatic heterocycles. The van der Waals surface area contributed by atoms with Gasteiger partial charge in [0, 0.05) is 5.02 Å². The van der Waals surface area contributed by atoms with Crippen LogP contribution in [0.25, 0.3) is 11.1 Å². The van der Waals surface area contributed by atoms with E-state index in [4.69, 9.17) is 11.6 Å². The highest BCUT2D eigenvalue weighted by atomic mass is 35.5. The summed E-state index contributed by atoms with van der Waals surface area (Å²) in [7, 11) is -0.560. The normalized spacial score (nSPS) is 10.8. The van der Waals surface area contributed by atoms with Crippen molar-refractivity contribution in [2.45, 2.75) is 0 Å². The summed E-state index contributed by atoms with van der Waals surface area (Å²) in [5, 5.41) is 4.85. The van der Waals surface area contributed by atoms with Gasteiger partial charge in [0.15, 0.2) is 0 Å². The molecule has 0 aliphatic rings. The third-order valence-corrected chi connectivity index (χ3v) is 6.99. The number of benzene rings is 4. The van der Waals surface area contributed by atoms with Crippen LogP contribution >= 0.6 is 19.5 Å². The predicted molar refractivity (Wildman–Crippen MR) is 116 cm³/mol. The lowest BCUT2D eigenvalue weighted by Gasteiger charge is -2.19. The summed E-state index contributed by atoms with van der Waals surface area (Å²) < 4.78 is 0. The minimum Gasteiger partial charge on any atom is -0.0843 e. The highest BCUT2D eigenvalue weighted by molar-refractivity contribution is 7.79. The largest absolute Gasteiger partial charge is 0.0843 e. The van der Waals surface area contributed by atoms with E-state index in [1.807, 2.05) is 18.2 Å². The van der Waals surface area contributed by atoms with Gasteiger partial charge in [0.05, 0.1) is 0 Å². The van der Waals surface area contributed by atoms with E-state index in [9.17, 15) is 0 Å². The Morgan fingerprint density at radius 3 is 1.54 bits per heavy atom. The predicted octanol–water partition coefficient (Wildman–Crippen LogP) is 5.77. The van der Waals surface area contributed by atoms with Gasteiger partial charge in [-0.05, 0) is 47.1 Å². The molecule has 0 aromatic heterocycles. The molecule has 0 atom stereocenters. The van der Waals surface area contributed by atoms with Gasteiger partial charge >= 0.3 is 0 Å². The van der Waals surface area contributed by atoms with Gasteiger partial charge in [-0.3, -0.25) is 0 Å². The van der Waals surface area contributed by atoms with E-state index in [0.717, 1.165) is 10.6 Å². The van der Waals surface area contributed by atoms with Crippen LogP contribution in [0.2, 0.25) is 5.02 Å². The van der Waals surface area contributed by atoms with Crippen LogP contribution in [-0.2, 0) is 0 Å². The second kappa shape index (κ2) is 7.87. The van der Waals surface area contributed by atoms with Gasteiger partial charge in [-0.1, -0.05) is 109 Å². The molecule has 2 heteroatoms. The highest BCUT2D eigenvalue weighted by Gasteiger charge is 2.15. The van der Waals surface area contributed by atoms with E-state index in [2.05, 4.69) is 91.0 Å². The van der Waals surface area contributed by atoms with Crippen molar-refractivity contribution in [3.8, 4) is 11.1 Å². The maximum absolute atomic E-state index is 6.14. The maximum atomic E-state index is 6.14. The summed E-state index contributed by atoms with van der Waals surface area (Å²) >= 11 is 6.14. The van der Waals surface area contributed by atoms with E-state index in [1.54, 1.807) is 0 Å². The molecular weight excluding hydrogens is 355 g/mol. The van der Waals surface area contributed by atoms with Crippen molar-refractivity contribution >= 4 is 35.4 Å². The fourth-order valence-electron chi connectivity index (χ4n) is 3.07. The zero-order chi connectivity index (χ0) is 17.8. The monoisotopic (exact) mass is 372 g/mol. The van der Waals surface area contributed by atoms with Crippen molar-refractivity contribution in [3.05, 3.63) is 114 Å². The summed E-state index contributed by atoms with van der Waals surface area (Å²) in [6, 6.07) is 38.4. The van der Waals surface area contributed by atoms with Crippen LogP contribution in [0.4, 0.5) is 0 Å². The Balaban J connectivity index is 1.75. The topological polar surface area (TPSA) is 0 Å². The average molecular weight is 373 g/mol. The van der Waals surface area contributed by atoms with E-state index >= 15 is 0 Å². The fraction of sp³-hybridized carbons (Fsp3) is 0. The van der Waals surface area contributed by atoms with E-state index in [0.29, 0.717) is 0 Å². The van der Waals surface area contributed by atoms with Crippen molar-refractivity contribution in [2.24, 2.45) is 0 Å². The lowest BCUT2D eigenvalue weighted by atomic mass is 10.1. The van der Waals surface area contributed by atoms with Gasteiger partial charge in [-0.15, -0.1) is 0 Å². The van der Waals surface area contributed by atoms with Crippen molar-refractivity contribution in [1.82, 2.24) is 0 Å². The Labute approximate surface area is 160 Å². The molecule has 0 unspecified atom stereocenters. The number of hydrogen-bond donors (Lipinski definition) is 0. The molecule has 0 radical (unpaired) electrons. The Hall–Kier alpha value is -2.40. The Morgan fingerprint density at radius 1 is 0.462 bits per heavy atom. The molecule has 0 N–H and O–H groups in total. The fourth-order valence-corrected chi connectivity index (χ4v) is 5.54. The summed E-state index contributed by atoms with van der Waals surface area (Å²) in [5.74, 6) is 0. The molecule has 0 saturated heterocycles. The lowest BCUT2D eigenvalue weighted by Crippen LogP contribution is -2.20. The molecule has 0 aliphatic carbocycles. The van der Waals surface area contributed by atoms with Crippen LogP contribution in [-0.4, -0.2) is 0 Å². The molecular formula is C24H18ClP. The third kappa shape index (κ3) is 3.73. The van der Waals surface area contributed by atoms with Crippen LogP contribution in [0.1, 0.15) is 0 Å². The van der Waals surface area contributed by atoms with Crippen molar-refractivity contribution < 1.29 is 0 Å². The molecule has 0 saturated carbocycles. The first-order valence-electron chi connectivity index (χ1n) is 8.57. The molecule has 0 nitrogen and oxygen atoms in total. The summed E-state index contributed by atoms with van der Waals surface area (Å²) in [6.45, 7) is 0. The van der Waals surface area contributed by atoms with Crippen LogP contribution in [0.15, 0.2) is 109 Å². The zero-order valence-corrected chi connectivity index (χ0v) is 15.9. The average Bonchev–Trinajstić information content (AvgIpc) is 2.70. The second-order valence-electron chi connectivity index (χ2n) is 6.06. The maximum Gasteiger partial charge on any atom is 0.0412 e. The quantitative estimate of drug-likeness (QED) is 0.399. The first-order chi connectivity index (χ1) is 12.8. The van der Waals surface area contributed by atoms with Gasteiger partial charge in [-0.2, -0.15) is 0 Å². The molecule has 0 amide bonds. The second-order valence-corrected chi connectivity index (χ2v) is 8.72. The lowest BCUT2D eigenvalue weighted by molar-refractivity contribution is 1.63. The molecule has 0 heterocycles. The number of hydrogen-bond acceptors (Lipinski definition) is 0. The molecule has 0 spiro atoms. The highest BCUT2D eigenvalue weighted by Crippen LogP contribution is 2.33. The molecule has 4 rings (SSSR count). The number of rotatable bonds is 4. The molecule has 4 aromatic carbocycles. The molecule has 26 heavy (non-hydrogen) atoms. The van der Waals surface area contributed by atoms with E-state index in [1.165, 1.54) is 21.5 Å². The SMILES string of the molecule is Clc1cccc(-c2ccc(P(c3ccccc3)c3ccccc3)cc2)c1. The van der Waals surface area contributed by atoms with Crippen LogP contribution in [0.5, 0.6) is 0 Å². The summed E-state index contributed by atoms with van der Waals surface area (Å²) in [6.07, 6.45) is 0. The minimum atomic E-state index is -0.560. The molecule has 4 aromatic rings. The standard InChI is InChI=1S/C24H18ClP/c25-21-9-7-8-20(18-21)19-14-16-24(17-15-19)26(22-10-3-1-4-11-22)23-12-5-2-6-13-23/h1-18H. The van der Waals surface area contributed by atoms with E-state index < -0.39 is 7.92 Å². The summed E-state index contributed by atoms with van der Waals surface area (Å²) in [4.78, 5) is 0. The Bertz CT molecular complexity index is 940. The first-order valence-corrected chi connectivity index (χ1v) is 10.3. The molecule has 0 bridgehead atoms. The van der Waals surface area contributed by atoms with E-state index in [-0.39, 0.29) is 0 Å². The van der Waals surface area contributed by atoms with Crippen molar-refractivity contribution in [2.75, 3.05) is 0 Å². The zero-order valence-electron chi connectivity index (χ0n) is 14.2. The molecule has 126 valence electrons. The van der Waals surface area contributed by atoms with Gasteiger partial charge in [-0.25, -0.2) is 0 Å². The van der Waals surface area contributed by atoms with Gasteiger partial charge in [0.2, 0.25) is 0 Å².